The van der Waals surface area contributed by atoms with Gasteiger partial charge in [0.15, 0.2) is 0 Å². The zero-order valence-electron chi connectivity index (χ0n) is 13.1. The lowest BCUT2D eigenvalue weighted by atomic mass is 10.1. The van der Waals surface area contributed by atoms with Gasteiger partial charge in [-0.3, -0.25) is 0 Å². The van der Waals surface area contributed by atoms with Gasteiger partial charge in [0, 0.05) is 0 Å². The normalized spacial score (nSPS) is 15.4. The highest BCUT2D eigenvalue weighted by molar-refractivity contribution is 7.87. The molecule has 0 aliphatic rings. The van der Waals surface area contributed by atoms with E-state index in [1.807, 2.05) is 6.92 Å². The number of unbranched alkanes of at least 4 members (excludes halogenated alkanes) is 5. The second-order valence-corrected chi connectivity index (χ2v) is 6.63. The Bertz CT molecular complexity index is 492. The molecule has 0 saturated carbocycles. The van der Waals surface area contributed by atoms with Gasteiger partial charge in [0.1, 0.15) is 0 Å². The first-order valence-electron chi connectivity index (χ1n) is 7.22. The molecule has 0 amide bonds. The number of alkyl halides is 8. The van der Waals surface area contributed by atoms with Crippen molar-refractivity contribution in [2.45, 2.75) is 69.3 Å². The number of halogens is 8. The van der Waals surface area contributed by atoms with Gasteiger partial charge in [-0.05, 0) is 6.42 Å². The Hall–Kier alpha value is -0.690. The molecule has 0 aliphatic heterocycles. The van der Waals surface area contributed by atoms with E-state index < -0.39 is 40.6 Å². The molecule has 0 rings (SSSR count). The molecule has 13 heteroatoms. The fourth-order valence-electron chi connectivity index (χ4n) is 1.54. The van der Waals surface area contributed by atoms with Crippen LogP contribution >= 0.6 is 0 Å². The molecule has 0 saturated heterocycles. The maximum Gasteiger partial charge on any atom is 0.523 e. The van der Waals surface area contributed by atoms with E-state index in [9.17, 15) is 43.5 Å². The van der Waals surface area contributed by atoms with Crippen LogP contribution in [0.25, 0.3) is 0 Å². The smallest absolute Gasteiger partial charge is 0.316 e. The van der Waals surface area contributed by atoms with E-state index in [1.165, 1.54) is 0 Å². The molecular formula is C12H18F8O4S. The monoisotopic (exact) mass is 410 g/mol. The van der Waals surface area contributed by atoms with Crippen LogP contribution in [-0.2, 0) is 19.0 Å². The van der Waals surface area contributed by atoms with Crippen LogP contribution in [0.1, 0.15) is 45.4 Å². The van der Waals surface area contributed by atoms with Crippen molar-refractivity contribution >= 4 is 10.1 Å². The first-order chi connectivity index (χ1) is 11.2. The molecule has 0 aromatic heterocycles. The summed E-state index contributed by atoms with van der Waals surface area (Å²) < 4.78 is 128. The van der Waals surface area contributed by atoms with Crippen molar-refractivity contribution < 1.29 is 52.5 Å². The fraction of sp³-hybridized carbons (Fsp3) is 1.00. The van der Waals surface area contributed by atoms with Gasteiger partial charge >= 0.3 is 27.7 Å². The van der Waals surface area contributed by atoms with Gasteiger partial charge in [-0.25, -0.2) is 8.57 Å². The summed E-state index contributed by atoms with van der Waals surface area (Å²) >= 11 is 0. The summed E-state index contributed by atoms with van der Waals surface area (Å²) in [5.74, 6) is -5.95. The molecule has 0 aromatic rings. The van der Waals surface area contributed by atoms with E-state index in [2.05, 4.69) is 8.92 Å². The average Bonchev–Trinajstić information content (AvgIpc) is 2.44. The fourth-order valence-corrected chi connectivity index (χ4v) is 1.99. The molecule has 0 radical (unpaired) electrons. The molecule has 4 nitrogen and oxygen atoms in total. The number of hydrogen-bond donors (Lipinski definition) is 0. The molecule has 0 heterocycles. The standard InChI is InChI=1S/C12H18F8O4S/c1-2-3-4-5-6-7-8-23-11(16,17)10(14,15)9(13)24-25(21,22)12(18,19)20/h9H,2-8H2,1H3. The third-order valence-electron chi connectivity index (χ3n) is 2.95. The molecule has 0 fully saturated rings. The zero-order valence-corrected chi connectivity index (χ0v) is 13.9. The lowest BCUT2D eigenvalue weighted by Crippen LogP contribution is -2.52. The van der Waals surface area contributed by atoms with E-state index in [1.54, 1.807) is 0 Å². The van der Waals surface area contributed by atoms with Gasteiger partial charge in [-0.1, -0.05) is 39.0 Å². The minimum Gasteiger partial charge on any atom is -0.316 e. The summed E-state index contributed by atoms with van der Waals surface area (Å²) in [6.07, 6.45) is -6.83. The Morgan fingerprint density at radius 2 is 1.36 bits per heavy atom. The van der Waals surface area contributed by atoms with Crippen molar-refractivity contribution in [3.05, 3.63) is 0 Å². The number of rotatable bonds is 12. The topological polar surface area (TPSA) is 52.6 Å². The van der Waals surface area contributed by atoms with Crippen LogP contribution in [0.4, 0.5) is 35.1 Å². The SMILES string of the molecule is CCCCCCCCOC(F)(F)C(F)(F)C(F)OS(=O)(=O)C(F)(F)F. The van der Waals surface area contributed by atoms with Crippen LogP contribution in [0.15, 0.2) is 0 Å². The molecule has 0 spiro atoms. The Kier molecular flexibility index (Phi) is 9.05. The average molecular weight is 410 g/mol. The van der Waals surface area contributed by atoms with Gasteiger partial charge in [-0.2, -0.15) is 39.2 Å². The van der Waals surface area contributed by atoms with E-state index in [-0.39, 0.29) is 6.42 Å². The molecule has 1 unspecified atom stereocenters. The summed E-state index contributed by atoms with van der Waals surface area (Å²) in [5.41, 5.74) is -6.25. The highest BCUT2D eigenvalue weighted by atomic mass is 32.2. The van der Waals surface area contributed by atoms with Crippen LogP contribution in [0.2, 0.25) is 0 Å². The van der Waals surface area contributed by atoms with Gasteiger partial charge in [0.05, 0.1) is 6.61 Å². The maximum absolute atomic E-state index is 13.2. The molecule has 25 heavy (non-hydrogen) atoms. The number of hydrogen-bond acceptors (Lipinski definition) is 4. The molecule has 0 bridgehead atoms. The summed E-state index contributed by atoms with van der Waals surface area (Å²) in [6, 6.07) is 0. The van der Waals surface area contributed by atoms with Crippen molar-refractivity contribution in [2.24, 2.45) is 0 Å². The summed E-state index contributed by atoms with van der Waals surface area (Å²) in [5, 5.41) is 0. The Morgan fingerprint density at radius 3 is 1.84 bits per heavy atom. The van der Waals surface area contributed by atoms with Crippen LogP contribution in [-0.4, -0.2) is 38.9 Å². The van der Waals surface area contributed by atoms with E-state index in [0.29, 0.717) is 12.8 Å². The van der Waals surface area contributed by atoms with E-state index in [4.69, 9.17) is 0 Å². The zero-order chi connectivity index (χ0) is 19.9. The first-order valence-corrected chi connectivity index (χ1v) is 8.63. The highest BCUT2D eigenvalue weighted by Crippen LogP contribution is 2.41. The molecule has 152 valence electrons. The number of ether oxygens (including phenoxy) is 1. The van der Waals surface area contributed by atoms with Gasteiger partial charge < -0.3 is 4.74 Å². The Morgan fingerprint density at radius 1 is 0.880 bits per heavy atom. The third-order valence-corrected chi connectivity index (χ3v) is 3.94. The van der Waals surface area contributed by atoms with Crippen molar-refractivity contribution in [1.29, 1.82) is 0 Å². The second kappa shape index (κ2) is 9.31. The summed E-state index contributed by atoms with van der Waals surface area (Å²) in [7, 11) is -6.82. The summed E-state index contributed by atoms with van der Waals surface area (Å²) in [6.45, 7) is 1.01. The molecule has 0 N–H and O–H groups in total. The van der Waals surface area contributed by atoms with Crippen LogP contribution in [0.5, 0.6) is 0 Å². The van der Waals surface area contributed by atoms with Gasteiger partial charge in [0.25, 0.3) is 6.36 Å². The molecule has 0 aliphatic carbocycles. The molecule has 1 atom stereocenters. The largest absolute Gasteiger partial charge is 0.523 e. The minimum atomic E-state index is -6.82. The van der Waals surface area contributed by atoms with Crippen LogP contribution < -0.4 is 0 Å². The highest BCUT2D eigenvalue weighted by Gasteiger charge is 2.67. The van der Waals surface area contributed by atoms with Gasteiger partial charge in [-0.15, -0.1) is 0 Å². The Balaban J connectivity index is 4.65. The second-order valence-electron chi connectivity index (χ2n) is 5.07. The lowest BCUT2D eigenvalue weighted by molar-refractivity contribution is -0.379. The predicted molar refractivity (Wildman–Crippen MR) is 70.2 cm³/mol. The van der Waals surface area contributed by atoms with Crippen molar-refractivity contribution in [3.8, 4) is 0 Å². The van der Waals surface area contributed by atoms with Crippen molar-refractivity contribution in [1.82, 2.24) is 0 Å². The Labute approximate surface area is 139 Å². The van der Waals surface area contributed by atoms with E-state index >= 15 is 0 Å². The predicted octanol–water partition coefficient (Wildman–Crippen LogP) is 4.75. The van der Waals surface area contributed by atoms with Crippen molar-refractivity contribution in [3.63, 3.8) is 0 Å². The van der Waals surface area contributed by atoms with Gasteiger partial charge in [0.2, 0.25) is 0 Å². The van der Waals surface area contributed by atoms with Crippen molar-refractivity contribution in [2.75, 3.05) is 6.61 Å². The van der Waals surface area contributed by atoms with E-state index in [0.717, 1.165) is 19.3 Å². The lowest BCUT2D eigenvalue weighted by Gasteiger charge is -2.28. The maximum atomic E-state index is 13.2. The van der Waals surface area contributed by atoms with Crippen LogP contribution in [0, 0.1) is 0 Å². The molecular weight excluding hydrogens is 392 g/mol. The quantitative estimate of drug-likeness (QED) is 0.202. The third kappa shape index (κ3) is 7.21. The summed E-state index contributed by atoms with van der Waals surface area (Å²) in [4.78, 5) is 0. The minimum absolute atomic E-state index is 0.0754. The first kappa shape index (κ1) is 24.3. The van der Waals surface area contributed by atoms with Crippen LogP contribution in [0.3, 0.4) is 0 Å². The molecule has 0 aromatic carbocycles.